The van der Waals surface area contributed by atoms with Crippen molar-refractivity contribution in [3.8, 4) is 0 Å². The van der Waals surface area contributed by atoms with E-state index in [4.69, 9.17) is 0 Å². The molecule has 1 atom stereocenters. The predicted molar refractivity (Wildman–Crippen MR) is 85.2 cm³/mol. The van der Waals surface area contributed by atoms with Crippen LogP contribution in [-0.2, 0) is 16.1 Å². The van der Waals surface area contributed by atoms with Crippen molar-refractivity contribution in [1.82, 2.24) is 10.4 Å². The van der Waals surface area contributed by atoms with Crippen LogP contribution in [0.2, 0.25) is 0 Å². The Morgan fingerprint density at radius 3 is 2.50 bits per heavy atom. The minimum atomic E-state index is -1.24. The molecule has 1 aliphatic rings. The number of benzene rings is 2. The molecule has 0 aliphatic carbocycles. The fraction of sp³-hybridized carbons (Fsp3) is 0.167. The third-order valence-corrected chi connectivity index (χ3v) is 4.00. The summed E-state index contributed by atoms with van der Waals surface area (Å²) in [5, 5.41) is 12.4. The average molecular weight is 324 g/mol. The Morgan fingerprint density at radius 2 is 1.79 bits per heavy atom. The Labute approximate surface area is 138 Å². The monoisotopic (exact) mass is 324 g/mol. The van der Waals surface area contributed by atoms with Gasteiger partial charge in [0.05, 0.1) is 0 Å². The summed E-state index contributed by atoms with van der Waals surface area (Å²) in [7, 11) is 0. The molecule has 0 saturated heterocycles. The van der Waals surface area contributed by atoms with E-state index >= 15 is 0 Å². The van der Waals surface area contributed by atoms with Crippen LogP contribution in [0.3, 0.4) is 0 Å². The van der Waals surface area contributed by atoms with Gasteiger partial charge in [-0.3, -0.25) is 19.6 Å². The second-order valence-electron chi connectivity index (χ2n) is 5.68. The van der Waals surface area contributed by atoms with Crippen LogP contribution in [0.1, 0.15) is 33.0 Å². The zero-order valence-electron chi connectivity index (χ0n) is 13.0. The van der Waals surface area contributed by atoms with Gasteiger partial charge < -0.3 is 5.32 Å². The summed E-state index contributed by atoms with van der Waals surface area (Å²) in [6, 6.07) is 13.9. The summed E-state index contributed by atoms with van der Waals surface area (Å²) in [6.45, 7) is 2.22. The van der Waals surface area contributed by atoms with E-state index in [1.165, 1.54) is 6.07 Å². The first-order valence-corrected chi connectivity index (χ1v) is 7.48. The fourth-order valence-electron chi connectivity index (χ4n) is 2.66. The molecule has 6 heteroatoms. The number of fused-ring (bicyclic) bond motifs is 1. The average Bonchev–Trinajstić information content (AvgIpc) is 2.59. The maximum Gasteiger partial charge on any atom is 0.284 e. The first-order valence-electron chi connectivity index (χ1n) is 7.48. The summed E-state index contributed by atoms with van der Waals surface area (Å²) in [5.74, 6) is -3.56. The van der Waals surface area contributed by atoms with Crippen LogP contribution in [0.25, 0.3) is 0 Å². The third-order valence-electron chi connectivity index (χ3n) is 4.00. The molecule has 1 heterocycles. The molecule has 0 radical (unpaired) electrons. The molecular formula is C18H16N2O4. The second-order valence-corrected chi connectivity index (χ2v) is 5.68. The van der Waals surface area contributed by atoms with Crippen LogP contribution in [-0.4, -0.2) is 28.0 Å². The first-order chi connectivity index (χ1) is 11.5. The molecule has 0 saturated carbocycles. The van der Waals surface area contributed by atoms with Crippen LogP contribution < -0.4 is 5.32 Å². The number of nitrogens with zero attached hydrogens (tertiary/aromatic N) is 1. The van der Waals surface area contributed by atoms with Crippen LogP contribution >= 0.6 is 0 Å². The lowest BCUT2D eigenvalue weighted by Crippen LogP contribution is -2.47. The number of amides is 3. The Bertz CT molecular complexity index is 814. The Hall–Kier alpha value is -2.99. The smallest absolute Gasteiger partial charge is 0.284 e. The summed E-state index contributed by atoms with van der Waals surface area (Å²) < 4.78 is 0. The fourth-order valence-corrected chi connectivity index (χ4v) is 2.66. The molecule has 0 aromatic heterocycles. The number of carbonyl (C=O) groups is 3. The zero-order valence-corrected chi connectivity index (χ0v) is 13.0. The van der Waals surface area contributed by atoms with Gasteiger partial charge in [0.1, 0.15) is 5.92 Å². The number of rotatable bonds is 3. The Balaban J connectivity index is 1.83. The number of imide groups is 1. The number of aryl methyl sites for hydroxylation is 1. The third kappa shape index (κ3) is 2.79. The molecule has 122 valence electrons. The van der Waals surface area contributed by atoms with Gasteiger partial charge in [-0.2, -0.15) is 5.06 Å². The van der Waals surface area contributed by atoms with Gasteiger partial charge in [0.2, 0.25) is 5.91 Å². The van der Waals surface area contributed by atoms with E-state index in [0.717, 1.165) is 11.1 Å². The second kappa shape index (κ2) is 6.25. The number of carbonyl (C=O) groups excluding carboxylic acids is 3. The van der Waals surface area contributed by atoms with Gasteiger partial charge in [-0.25, -0.2) is 0 Å². The molecule has 2 aromatic carbocycles. The highest BCUT2D eigenvalue weighted by molar-refractivity contribution is 6.18. The van der Waals surface area contributed by atoms with E-state index < -0.39 is 23.6 Å². The molecule has 2 N–H and O–H groups in total. The molecular weight excluding hydrogens is 308 g/mol. The lowest BCUT2D eigenvalue weighted by molar-refractivity contribution is -0.158. The van der Waals surface area contributed by atoms with Gasteiger partial charge in [0.25, 0.3) is 11.8 Å². The number of hydrogen-bond donors (Lipinski definition) is 2. The number of hydroxylamine groups is 2. The van der Waals surface area contributed by atoms with Crippen molar-refractivity contribution in [2.24, 2.45) is 0 Å². The summed E-state index contributed by atoms with van der Waals surface area (Å²) in [4.78, 5) is 36.6. The van der Waals surface area contributed by atoms with E-state index in [2.05, 4.69) is 5.32 Å². The molecule has 1 unspecified atom stereocenters. The number of hydrogen-bond acceptors (Lipinski definition) is 4. The van der Waals surface area contributed by atoms with Gasteiger partial charge in [-0.15, -0.1) is 0 Å². The van der Waals surface area contributed by atoms with Crippen LogP contribution in [0, 0.1) is 6.92 Å². The van der Waals surface area contributed by atoms with Crippen molar-refractivity contribution in [2.75, 3.05) is 0 Å². The zero-order chi connectivity index (χ0) is 17.3. The minimum Gasteiger partial charge on any atom is -0.351 e. The van der Waals surface area contributed by atoms with Crippen molar-refractivity contribution in [3.05, 3.63) is 70.8 Å². The predicted octanol–water partition coefficient (Wildman–Crippen LogP) is 1.77. The minimum absolute atomic E-state index is 0.0124. The van der Waals surface area contributed by atoms with Crippen molar-refractivity contribution >= 4 is 17.7 Å². The Morgan fingerprint density at radius 1 is 1.12 bits per heavy atom. The van der Waals surface area contributed by atoms with E-state index in [1.54, 1.807) is 18.2 Å². The molecule has 0 fully saturated rings. The molecule has 3 rings (SSSR count). The SMILES string of the molecule is Cc1ccc(CNC(=O)C2C(=O)N(O)C(=O)c3ccccc32)cc1. The van der Waals surface area contributed by atoms with Gasteiger partial charge in [0, 0.05) is 12.1 Å². The molecule has 24 heavy (non-hydrogen) atoms. The van der Waals surface area contributed by atoms with Crippen molar-refractivity contribution in [2.45, 2.75) is 19.4 Å². The van der Waals surface area contributed by atoms with Gasteiger partial charge in [-0.1, -0.05) is 48.0 Å². The summed E-state index contributed by atoms with van der Waals surface area (Å²) in [5.41, 5.74) is 2.45. The van der Waals surface area contributed by atoms with E-state index in [-0.39, 0.29) is 17.2 Å². The highest BCUT2D eigenvalue weighted by Gasteiger charge is 2.42. The summed E-state index contributed by atoms with van der Waals surface area (Å²) >= 11 is 0. The van der Waals surface area contributed by atoms with Crippen LogP contribution in [0.15, 0.2) is 48.5 Å². The quantitative estimate of drug-likeness (QED) is 0.512. The van der Waals surface area contributed by atoms with Crippen LogP contribution in [0.4, 0.5) is 0 Å². The lowest BCUT2D eigenvalue weighted by atomic mass is 9.88. The van der Waals surface area contributed by atoms with E-state index in [0.29, 0.717) is 5.56 Å². The number of nitrogens with one attached hydrogen (secondary N) is 1. The molecule has 2 aromatic rings. The molecule has 3 amide bonds. The first kappa shape index (κ1) is 15.9. The van der Waals surface area contributed by atoms with Gasteiger partial charge >= 0.3 is 0 Å². The van der Waals surface area contributed by atoms with E-state index in [1.807, 2.05) is 31.2 Å². The normalized spacial score (nSPS) is 16.8. The van der Waals surface area contributed by atoms with Crippen LogP contribution in [0.5, 0.6) is 0 Å². The highest BCUT2D eigenvalue weighted by Crippen LogP contribution is 2.28. The van der Waals surface area contributed by atoms with Gasteiger partial charge in [0.15, 0.2) is 0 Å². The topological polar surface area (TPSA) is 86.7 Å². The van der Waals surface area contributed by atoms with Crippen molar-refractivity contribution in [1.29, 1.82) is 0 Å². The summed E-state index contributed by atoms with van der Waals surface area (Å²) in [6.07, 6.45) is 0. The Kier molecular flexibility index (Phi) is 4.14. The maximum absolute atomic E-state index is 12.5. The van der Waals surface area contributed by atoms with E-state index in [9.17, 15) is 19.6 Å². The van der Waals surface area contributed by atoms with Crippen molar-refractivity contribution in [3.63, 3.8) is 0 Å². The molecule has 1 aliphatic heterocycles. The molecule has 6 nitrogen and oxygen atoms in total. The molecule has 0 spiro atoms. The largest absolute Gasteiger partial charge is 0.351 e. The van der Waals surface area contributed by atoms with Gasteiger partial charge in [-0.05, 0) is 24.1 Å². The lowest BCUT2D eigenvalue weighted by Gasteiger charge is -2.27. The maximum atomic E-state index is 12.5. The van der Waals surface area contributed by atoms with Crippen molar-refractivity contribution < 1.29 is 19.6 Å². The molecule has 0 bridgehead atoms. The highest BCUT2D eigenvalue weighted by atomic mass is 16.5. The standard InChI is InChI=1S/C18H16N2O4/c1-11-6-8-12(9-7-11)10-19-16(21)15-13-4-2-3-5-14(13)17(22)20(24)18(15)23/h2-9,15,24H,10H2,1H3,(H,19,21).